The normalized spacial score (nSPS) is 22.3. The van der Waals surface area contributed by atoms with E-state index < -0.39 is 0 Å². The van der Waals surface area contributed by atoms with Crippen LogP contribution in [0.1, 0.15) is 66.5 Å². The van der Waals surface area contributed by atoms with Crippen LogP contribution in [-0.4, -0.2) is 18.3 Å². The molecule has 0 N–H and O–H groups in total. The largest absolute Gasteiger partial charge is 0.494 e. The summed E-state index contributed by atoms with van der Waals surface area (Å²) in [5.74, 6) is 0. The van der Waals surface area contributed by atoms with Gasteiger partial charge in [0.2, 0.25) is 0 Å². The number of fused-ring (bicyclic) bond motifs is 4. The van der Waals surface area contributed by atoms with Gasteiger partial charge in [0.1, 0.15) is 0 Å². The van der Waals surface area contributed by atoms with Crippen LogP contribution in [0.4, 0.5) is 0 Å². The van der Waals surface area contributed by atoms with Crippen LogP contribution in [0.3, 0.4) is 0 Å². The molecule has 2 aliphatic rings. The second kappa shape index (κ2) is 6.24. The van der Waals surface area contributed by atoms with Crippen LogP contribution in [0.5, 0.6) is 0 Å². The van der Waals surface area contributed by atoms with Crippen molar-refractivity contribution in [1.82, 2.24) is 0 Å². The fourth-order valence-corrected chi connectivity index (χ4v) is 5.11. The molecule has 0 radical (unpaired) electrons. The van der Waals surface area contributed by atoms with Gasteiger partial charge in [-0.05, 0) is 89.1 Å². The molecule has 160 valence electrons. The van der Waals surface area contributed by atoms with Crippen LogP contribution in [-0.2, 0) is 20.1 Å². The predicted molar refractivity (Wildman–Crippen MR) is 131 cm³/mol. The van der Waals surface area contributed by atoms with Crippen molar-refractivity contribution in [3.8, 4) is 11.1 Å². The lowest BCUT2D eigenvalue weighted by Crippen LogP contribution is -2.44. The molecule has 0 spiro atoms. The van der Waals surface area contributed by atoms with E-state index >= 15 is 0 Å². The molecule has 0 bridgehead atoms. The Morgan fingerprint density at radius 2 is 1.10 bits per heavy atom. The van der Waals surface area contributed by atoms with Gasteiger partial charge in [-0.3, -0.25) is 0 Å². The molecule has 5 rings (SSSR count). The fourth-order valence-electron chi connectivity index (χ4n) is 5.11. The summed E-state index contributed by atoms with van der Waals surface area (Å²) in [5, 5.41) is 2.58. The molecular weight excluding hydrogens is 379 g/mol. The van der Waals surface area contributed by atoms with E-state index in [9.17, 15) is 0 Å². The lowest BCUT2D eigenvalue weighted by atomic mass is 9.54. The highest BCUT2D eigenvalue weighted by Gasteiger charge is 2.52. The van der Waals surface area contributed by atoms with E-state index in [1.54, 1.807) is 0 Å². The van der Waals surface area contributed by atoms with Crippen molar-refractivity contribution >= 4 is 23.4 Å². The van der Waals surface area contributed by atoms with Gasteiger partial charge in [-0.15, -0.1) is 0 Å². The van der Waals surface area contributed by atoms with Crippen molar-refractivity contribution in [3.05, 3.63) is 65.7 Å². The molecule has 1 aliphatic heterocycles. The molecule has 1 aliphatic carbocycles. The maximum atomic E-state index is 6.37. The van der Waals surface area contributed by atoms with Crippen LogP contribution in [0.25, 0.3) is 21.9 Å². The lowest BCUT2D eigenvalue weighted by molar-refractivity contribution is 0.00578. The molecule has 0 saturated carbocycles. The first-order valence-corrected chi connectivity index (χ1v) is 11.4. The van der Waals surface area contributed by atoms with Gasteiger partial charge < -0.3 is 9.31 Å². The topological polar surface area (TPSA) is 18.5 Å². The summed E-state index contributed by atoms with van der Waals surface area (Å²) in [6, 6.07) is 20.2. The van der Waals surface area contributed by atoms with Gasteiger partial charge in [0.05, 0.1) is 11.2 Å². The quantitative estimate of drug-likeness (QED) is 0.432. The summed E-state index contributed by atoms with van der Waals surface area (Å²) in [5.41, 5.74) is 5.83. The van der Waals surface area contributed by atoms with Crippen LogP contribution >= 0.6 is 0 Å². The highest BCUT2D eigenvalue weighted by atomic mass is 16.7. The number of rotatable bonds is 1. The molecule has 3 heteroatoms. The van der Waals surface area contributed by atoms with Crippen LogP contribution in [0.2, 0.25) is 0 Å². The molecule has 0 atom stereocenters. The Labute approximate surface area is 187 Å². The smallest absolute Gasteiger partial charge is 0.399 e. The zero-order chi connectivity index (χ0) is 22.4. The SMILES string of the molecule is CC1(C)OB(c2ccc3c(c2)-c2cc4ccccc4cc2C(C)(C)C3(C)C)OC1(C)C. The third-order valence-corrected chi connectivity index (χ3v) is 8.65. The van der Waals surface area contributed by atoms with Crippen molar-refractivity contribution in [2.24, 2.45) is 0 Å². The minimum Gasteiger partial charge on any atom is -0.399 e. The highest BCUT2D eigenvalue weighted by molar-refractivity contribution is 6.62. The molecule has 31 heavy (non-hydrogen) atoms. The summed E-state index contributed by atoms with van der Waals surface area (Å²) in [6.07, 6.45) is 0. The molecule has 1 heterocycles. The molecule has 1 saturated heterocycles. The average molecular weight is 412 g/mol. The van der Waals surface area contributed by atoms with Crippen LogP contribution < -0.4 is 5.46 Å². The van der Waals surface area contributed by atoms with Crippen molar-refractivity contribution < 1.29 is 9.31 Å². The molecule has 0 unspecified atom stereocenters. The second-order valence-corrected chi connectivity index (χ2v) is 11.4. The Hall–Kier alpha value is -2.10. The minimum absolute atomic E-state index is 0.00518. The van der Waals surface area contributed by atoms with E-state index in [2.05, 4.69) is 110 Å². The van der Waals surface area contributed by atoms with E-state index in [0.717, 1.165) is 5.46 Å². The minimum atomic E-state index is -0.350. The standard InChI is InChI=1S/C28H33BO2/c1-25(2)23-14-13-20(29-30-27(5,6)28(7,8)31-29)17-22(23)21-15-18-11-9-10-12-19(18)16-24(21)26(25,3)4/h9-17H,1-8H3. The van der Waals surface area contributed by atoms with Gasteiger partial charge in [0.15, 0.2) is 0 Å². The number of benzene rings is 3. The first kappa shape index (κ1) is 20.8. The molecule has 3 aromatic rings. The summed E-state index contributed by atoms with van der Waals surface area (Å²) < 4.78 is 12.7. The Morgan fingerprint density at radius 1 is 0.581 bits per heavy atom. The number of hydrogen-bond acceptors (Lipinski definition) is 2. The molecule has 2 nitrogen and oxygen atoms in total. The Balaban J connectivity index is 1.73. The Morgan fingerprint density at radius 3 is 1.71 bits per heavy atom. The van der Waals surface area contributed by atoms with E-state index in [0.29, 0.717) is 0 Å². The molecule has 3 aromatic carbocycles. The van der Waals surface area contributed by atoms with Gasteiger partial charge in [-0.25, -0.2) is 0 Å². The first-order valence-electron chi connectivity index (χ1n) is 11.4. The van der Waals surface area contributed by atoms with E-state index in [1.165, 1.54) is 33.0 Å². The predicted octanol–water partition coefficient (Wildman–Crippen LogP) is 6.37. The van der Waals surface area contributed by atoms with Crippen molar-refractivity contribution in [2.45, 2.75) is 77.4 Å². The Kier molecular flexibility index (Phi) is 4.18. The third-order valence-electron chi connectivity index (χ3n) is 8.65. The summed E-state index contributed by atoms with van der Waals surface area (Å²) in [6.45, 7) is 17.9. The zero-order valence-corrected chi connectivity index (χ0v) is 20.1. The van der Waals surface area contributed by atoms with Crippen molar-refractivity contribution in [1.29, 1.82) is 0 Å². The van der Waals surface area contributed by atoms with Gasteiger partial charge in [-0.1, -0.05) is 70.2 Å². The van der Waals surface area contributed by atoms with Gasteiger partial charge in [-0.2, -0.15) is 0 Å². The number of hydrogen-bond donors (Lipinski definition) is 0. The van der Waals surface area contributed by atoms with Crippen molar-refractivity contribution in [3.63, 3.8) is 0 Å². The third kappa shape index (κ3) is 2.79. The van der Waals surface area contributed by atoms with Crippen molar-refractivity contribution in [2.75, 3.05) is 0 Å². The maximum Gasteiger partial charge on any atom is 0.494 e. The van der Waals surface area contributed by atoms with Crippen LogP contribution in [0, 0.1) is 0 Å². The van der Waals surface area contributed by atoms with Gasteiger partial charge in [0.25, 0.3) is 0 Å². The molecule has 0 aromatic heterocycles. The van der Waals surface area contributed by atoms with E-state index in [4.69, 9.17) is 9.31 Å². The fraction of sp³-hybridized carbons (Fsp3) is 0.429. The highest BCUT2D eigenvalue weighted by Crippen LogP contribution is 2.54. The molecular formula is C28H33BO2. The maximum absolute atomic E-state index is 6.37. The summed E-state index contributed by atoms with van der Waals surface area (Å²) >= 11 is 0. The average Bonchev–Trinajstić information content (AvgIpc) is 2.92. The summed E-state index contributed by atoms with van der Waals surface area (Å²) in [7, 11) is -0.350. The van der Waals surface area contributed by atoms with Crippen LogP contribution in [0.15, 0.2) is 54.6 Å². The van der Waals surface area contributed by atoms with Gasteiger partial charge >= 0.3 is 7.12 Å². The zero-order valence-electron chi connectivity index (χ0n) is 20.1. The molecule has 0 amide bonds. The Bertz CT molecular complexity index is 1190. The summed E-state index contributed by atoms with van der Waals surface area (Å²) in [4.78, 5) is 0. The second-order valence-electron chi connectivity index (χ2n) is 11.4. The first-order chi connectivity index (χ1) is 14.4. The lowest BCUT2D eigenvalue weighted by Gasteiger charge is -2.48. The molecule has 1 fully saturated rings. The van der Waals surface area contributed by atoms with Gasteiger partial charge in [0, 0.05) is 0 Å². The van der Waals surface area contributed by atoms with E-state index in [1.807, 2.05) is 0 Å². The van der Waals surface area contributed by atoms with E-state index in [-0.39, 0.29) is 29.2 Å². The monoisotopic (exact) mass is 412 g/mol.